The molecule has 0 aromatic heterocycles. The maximum absolute atomic E-state index is 13.4. The van der Waals surface area contributed by atoms with E-state index in [0.717, 1.165) is 23.3 Å². The Hall–Kier alpha value is -3.81. The largest absolute Gasteiger partial charge is 0.416 e. The number of amides is 3. The van der Waals surface area contributed by atoms with E-state index in [4.69, 9.17) is 0 Å². The van der Waals surface area contributed by atoms with Crippen molar-refractivity contribution in [1.82, 2.24) is 9.80 Å². The predicted molar refractivity (Wildman–Crippen MR) is 144 cm³/mol. The molecule has 0 saturated carbocycles. The maximum atomic E-state index is 13.4. The lowest BCUT2D eigenvalue weighted by Gasteiger charge is -2.30. The number of carbonyl (C=O) groups excluding carboxylic acids is 2. The van der Waals surface area contributed by atoms with Gasteiger partial charge in [-0.05, 0) is 49.1 Å². The molecule has 38 heavy (non-hydrogen) atoms. The number of halogens is 3. The molecule has 0 aliphatic heterocycles. The van der Waals surface area contributed by atoms with Gasteiger partial charge in [-0.2, -0.15) is 13.2 Å². The van der Waals surface area contributed by atoms with Gasteiger partial charge in [0, 0.05) is 37.8 Å². The number of hydrogen-bond donors (Lipinski definition) is 1. The summed E-state index contributed by atoms with van der Waals surface area (Å²) in [5.41, 5.74) is 1.35. The standard InChI is InChI=1S/C30H34F3N3O2/c1-3-23(2)36(29(38)34-27-16-10-15-26(21-27)30(31,32)33)20-18-28(37)35(22-25-13-8-5-9-14-25)19-17-24-11-6-4-7-12-24/h4-16,21,23H,3,17-20,22H2,1-2H3,(H,34,38). The van der Waals surface area contributed by atoms with Crippen LogP contribution in [0.15, 0.2) is 84.9 Å². The SMILES string of the molecule is CCC(C)N(CCC(=O)N(CCc1ccccc1)Cc1ccccc1)C(=O)Nc1cccc(C(F)(F)F)c1. The van der Waals surface area contributed by atoms with Crippen LogP contribution in [0.1, 0.15) is 43.4 Å². The second-order valence-electron chi connectivity index (χ2n) is 9.25. The van der Waals surface area contributed by atoms with Crippen molar-refractivity contribution in [2.24, 2.45) is 0 Å². The minimum absolute atomic E-state index is 0.0537. The summed E-state index contributed by atoms with van der Waals surface area (Å²) in [7, 11) is 0. The Morgan fingerprint density at radius 3 is 2.11 bits per heavy atom. The first kappa shape index (κ1) is 28.8. The van der Waals surface area contributed by atoms with Crippen LogP contribution in [-0.4, -0.2) is 40.9 Å². The first-order valence-electron chi connectivity index (χ1n) is 12.8. The van der Waals surface area contributed by atoms with E-state index in [9.17, 15) is 22.8 Å². The maximum Gasteiger partial charge on any atom is 0.416 e. The number of carbonyl (C=O) groups is 2. The third-order valence-corrected chi connectivity index (χ3v) is 6.47. The summed E-state index contributed by atoms with van der Waals surface area (Å²) in [4.78, 5) is 29.7. The Kier molecular flexibility index (Phi) is 10.3. The quantitative estimate of drug-likeness (QED) is 0.293. The number of nitrogens with zero attached hydrogens (tertiary/aromatic N) is 2. The van der Waals surface area contributed by atoms with Crippen LogP contribution in [-0.2, 0) is 23.9 Å². The Labute approximate surface area is 222 Å². The summed E-state index contributed by atoms with van der Waals surface area (Å²) in [6.07, 6.45) is -3.08. The lowest BCUT2D eigenvalue weighted by molar-refractivity contribution is -0.137. The molecule has 1 unspecified atom stereocenters. The molecule has 0 heterocycles. The van der Waals surface area contributed by atoms with Crippen molar-refractivity contribution in [2.45, 2.75) is 51.9 Å². The highest BCUT2D eigenvalue weighted by atomic mass is 19.4. The van der Waals surface area contributed by atoms with E-state index in [1.807, 2.05) is 74.5 Å². The van der Waals surface area contributed by atoms with E-state index in [2.05, 4.69) is 5.32 Å². The van der Waals surface area contributed by atoms with Crippen molar-refractivity contribution < 1.29 is 22.8 Å². The lowest BCUT2D eigenvalue weighted by Crippen LogP contribution is -2.44. The van der Waals surface area contributed by atoms with Crippen LogP contribution in [0.2, 0.25) is 0 Å². The van der Waals surface area contributed by atoms with Gasteiger partial charge in [0.1, 0.15) is 0 Å². The fourth-order valence-electron chi connectivity index (χ4n) is 4.09. The summed E-state index contributed by atoms with van der Waals surface area (Å²) in [5, 5.41) is 2.57. The van der Waals surface area contributed by atoms with Crippen LogP contribution in [0, 0.1) is 0 Å². The van der Waals surface area contributed by atoms with Crippen molar-refractivity contribution in [2.75, 3.05) is 18.4 Å². The molecule has 0 aliphatic rings. The van der Waals surface area contributed by atoms with Crippen LogP contribution in [0.5, 0.6) is 0 Å². The Bertz CT molecular complexity index is 1170. The van der Waals surface area contributed by atoms with Gasteiger partial charge in [0.05, 0.1) is 5.56 Å². The molecule has 3 aromatic rings. The van der Waals surface area contributed by atoms with Gasteiger partial charge in [-0.1, -0.05) is 73.7 Å². The van der Waals surface area contributed by atoms with Crippen molar-refractivity contribution in [3.8, 4) is 0 Å². The minimum atomic E-state index is -4.51. The van der Waals surface area contributed by atoms with Gasteiger partial charge in [0.25, 0.3) is 0 Å². The summed E-state index contributed by atoms with van der Waals surface area (Å²) in [6.45, 7) is 4.89. The molecular weight excluding hydrogens is 491 g/mol. The normalized spacial score (nSPS) is 12.0. The first-order valence-corrected chi connectivity index (χ1v) is 12.8. The van der Waals surface area contributed by atoms with Crippen molar-refractivity contribution in [3.63, 3.8) is 0 Å². The van der Waals surface area contributed by atoms with Crippen LogP contribution < -0.4 is 5.32 Å². The Balaban J connectivity index is 1.69. The van der Waals surface area contributed by atoms with E-state index in [1.165, 1.54) is 17.0 Å². The fraction of sp³-hybridized carbons (Fsp3) is 0.333. The van der Waals surface area contributed by atoms with E-state index in [1.54, 1.807) is 4.90 Å². The van der Waals surface area contributed by atoms with Gasteiger partial charge in [0.15, 0.2) is 0 Å². The second-order valence-corrected chi connectivity index (χ2v) is 9.25. The molecule has 0 fully saturated rings. The van der Waals surface area contributed by atoms with Crippen LogP contribution in [0.3, 0.4) is 0 Å². The minimum Gasteiger partial charge on any atom is -0.338 e. The third kappa shape index (κ3) is 8.64. The van der Waals surface area contributed by atoms with Gasteiger partial charge in [-0.15, -0.1) is 0 Å². The van der Waals surface area contributed by atoms with Crippen molar-refractivity contribution in [3.05, 3.63) is 102 Å². The van der Waals surface area contributed by atoms with Gasteiger partial charge in [0.2, 0.25) is 5.91 Å². The summed E-state index contributed by atoms with van der Waals surface area (Å²) in [5.74, 6) is -0.0926. The van der Waals surface area contributed by atoms with Gasteiger partial charge < -0.3 is 15.1 Å². The highest BCUT2D eigenvalue weighted by molar-refractivity contribution is 5.90. The Morgan fingerprint density at radius 1 is 0.868 bits per heavy atom. The molecule has 0 radical (unpaired) electrons. The fourth-order valence-corrected chi connectivity index (χ4v) is 4.09. The highest BCUT2D eigenvalue weighted by Crippen LogP contribution is 2.30. The van der Waals surface area contributed by atoms with Crippen LogP contribution in [0.4, 0.5) is 23.7 Å². The van der Waals surface area contributed by atoms with Crippen molar-refractivity contribution >= 4 is 17.6 Å². The number of nitrogens with one attached hydrogen (secondary N) is 1. The molecule has 0 aliphatic carbocycles. The van der Waals surface area contributed by atoms with E-state index in [0.29, 0.717) is 25.9 Å². The van der Waals surface area contributed by atoms with Gasteiger partial charge in [-0.25, -0.2) is 4.79 Å². The van der Waals surface area contributed by atoms with Gasteiger partial charge in [-0.3, -0.25) is 4.79 Å². The smallest absolute Gasteiger partial charge is 0.338 e. The molecule has 5 nitrogen and oxygen atoms in total. The summed E-state index contributed by atoms with van der Waals surface area (Å²) < 4.78 is 39.3. The number of rotatable bonds is 11. The monoisotopic (exact) mass is 525 g/mol. The average molecular weight is 526 g/mol. The molecule has 0 bridgehead atoms. The van der Waals surface area contributed by atoms with Gasteiger partial charge >= 0.3 is 12.2 Å². The number of anilines is 1. The van der Waals surface area contributed by atoms with Crippen molar-refractivity contribution in [1.29, 1.82) is 0 Å². The lowest BCUT2D eigenvalue weighted by atomic mass is 10.1. The zero-order valence-corrected chi connectivity index (χ0v) is 21.7. The molecule has 0 spiro atoms. The molecule has 8 heteroatoms. The first-order chi connectivity index (χ1) is 18.2. The topological polar surface area (TPSA) is 52.7 Å². The second kappa shape index (κ2) is 13.7. The molecule has 1 N–H and O–H groups in total. The van der Waals surface area contributed by atoms with Crippen LogP contribution >= 0.6 is 0 Å². The number of urea groups is 1. The molecule has 3 rings (SSSR count). The van der Waals surface area contributed by atoms with Crippen LogP contribution in [0.25, 0.3) is 0 Å². The predicted octanol–water partition coefficient (Wildman–Crippen LogP) is 7.00. The zero-order chi connectivity index (χ0) is 27.5. The molecule has 202 valence electrons. The average Bonchev–Trinajstić information content (AvgIpc) is 2.91. The van der Waals surface area contributed by atoms with E-state index < -0.39 is 17.8 Å². The molecule has 0 saturated heterocycles. The number of hydrogen-bond acceptors (Lipinski definition) is 2. The summed E-state index contributed by atoms with van der Waals surface area (Å²) >= 11 is 0. The Morgan fingerprint density at radius 2 is 1.50 bits per heavy atom. The van der Waals surface area contributed by atoms with E-state index >= 15 is 0 Å². The third-order valence-electron chi connectivity index (χ3n) is 6.47. The highest BCUT2D eigenvalue weighted by Gasteiger charge is 2.31. The number of alkyl halides is 3. The molecule has 3 amide bonds. The number of benzene rings is 3. The van der Waals surface area contributed by atoms with E-state index in [-0.39, 0.29) is 30.6 Å². The zero-order valence-electron chi connectivity index (χ0n) is 21.7. The summed E-state index contributed by atoms with van der Waals surface area (Å²) in [6, 6.07) is 23.4. The molecular formula is C30H34F3N3O2. The molecule has 3 aromatic carbocycles. The molecule has 1 atom stereocenters.